The van der Waals surface area contributed by atoms with Gasteiger partial charge in [0.05, 0.1) is 17.8 Å². The number of nitrogens with zero attached hydrogens (tertiary/aromatic N) is 1. The van der Waals surface area contributed by atoms with Gasteiger partial charge in [-0.15, -0.1) is 0 Å². The fourth-order valence-corrected chi connectivity index (χ4v) is 2.25. The van der Waals surface area contributed by atoms with Crippen LogP contribution >= 0.6 is 23.2 Å². The molecule has 7 heteroatoms. The van der Waals surface area contributed by atoms with Crippen molar-refractivity contribution in [2.45, 2.75) is 13.3 Å². The number of rotatable bonds is 6. The minimum atomic E-state index is -0.470. The van der Waals surface area contributed by atoms with Crippen LogP contribution in [0.1, 0.15) is 18.9 Å². The molecule has 126 valence electrons. The summed E-state index contributed by atoms with van der Waals surface area (Å²) in [5.74, 6) is 0.627. The summed E-state index contributed by atoms with van der Waals surface area (Å²) >= 11 is 12.0. The number of hydrogen-bond donors (Lipinski definition) is 2. The molecule has 0 atom stereocenters. The molecule has 0 saturated carbocycles. The van der Waals surface area contributed by atoms with E-state index in [2.05, 4.69) is 15.8 Å². The number of hydrogen-bond acceptors (Lipinski definition) is 3. The van der Waals surface area contributed by atoms with Gasteiger partial charge in [0.15, 0.2) is 0 Å². The summed E-state index contributed by atoms with van der Waals surface area (Å²) in [5.41, 5.74) is 3.69. The SMILES string of the molecule is CCCOc1ccc(/C=N\NC(=O)Nc2cccc(Cl)c2)cc1Cl. The van der Waals surface area contributed by atoms with Crippen molar-refractivity contribution in [2.24, 2.45) is 5.10 Å². The van der Waals surface area contributed by atoms with E-state index in [0.29, 0.717) is 28.1 Å². The maximum absolute atomic E-state index is 11.7. The van der Waals surface area contributed by atoms with Gasteiger partial charge in [-0.3, -0.25) is 0 Å². The van der Waals surface area contributed by atoms with Gasteiger partial charge >= 0.3 is 6.03 Å². The van der Waals surface area contributed by atoms with Crippen LogP contribution in [0.4, 0.5) is 10.5 Å². The van der Waals surface area contributed by atoms with E-state index in [-0.39, 0.29) is 0 Å². The third kappa shape index (κ3) is 5.76. The van der Waals surface area contributed by atoms with Gasteiger partial charge in [-0.25, -0.2) is 10.2 Å². The predicted octanol–water partition coefficient (Wildman–Crippen LogP) is 4.94. The van der Waals surface area contributed by atoms with Crippen molar-refractivity contribution in [1.29, 1.82) is 0 Å². The second-order valence-corrected chi connectivity index (χ2v) is 5.72. The standard InChI is InChI=1S/C17H17Cl2N3O2/c1-2-8-24-16-7-6-12(9-15(16)19)11-20-22-17(23)21-14-5-3-4-13(18)10-14/h3-7,9-11H,2,8H2,1H3,(H2,21,22,23)/b20-11-. The summed E-state index contributed by atoms with van der Waals surface area (Å²) in [5, 5.41) is 7.53. The Bertz CT molecular complexity index is 736. The molecule has 2 N–H and O–H groups in total. The average molecular weight is 366 g/mol. The van der Waals surface area contributed by atoms with Crippen LogP contribution in [0.25, 0.3) is 0 Å². The molecule has 0 aliphatic heterocycles. The zero-order chi connectivity index (χ0) is 17.4. The van der Waals surface area contributed by atoms with Crippen LogP contribution in [-0.2, 0) is 0 Å². The summed E-state index contributed by atoms with van der Waals surface area (Å²) in [6, 6.07) is 11.6. The van der Waals surface area contributed by atoms with E-state index in [0.717, 1.165) is 12.0 Å². The number of hydrazone groups is 1. The number of benzene rings is 2. The molecule has 0 aliphatic carbocycles. The number of ether oxygens (including phenoxy) is 1. The number of carbonyl (C=O) groups excluding carboxylic acids is 1. The van der Waals surface area contributed by atoms with Crippen molar-refractivity contribution in [3.63, 3.8) is 0 Å². The van der Waals surface area contributed by atoms with Crippen molar-refractivity contribution >= 4 is 41.1 Å². The lowest BCUT2D eigenvalue weighted by Crippen LogP contribution is -2.24. The van der Waals surface area contributed by atoms with Crippen LogP contribution in [0.15, 0.2) is 47.6 Å². The maximum atomic E-state index is 11.7. The number of anilines is 1. The van der Waals surface area contributed by atoms with Gasteiger partial charge in [0.1, 0.15) is 5.75 Å². The highest BCUT2D eigenvalue weighted by molar-refractivity contribution is 6.32. The van der Waals surface area contributed by atoms with E-state index in [1.807, 2.05) is 6.92 Å². The highest BCUT2D eigenvalue weighted by Gasteiger charge is 2.03. The first-order valence-corrected chi connectivity index (χ1v) is 8.12. The molecule has 0 bridgehead atoms. The number of amides is 2. The van der Waals surface area contributed by atoms with Gasteiger partial charge in [0.25, 0.3) is 0 Å². The van der Waals surface area contributed by atoms with Crippen LogP contribution in [0.3, 0.4) is 0 Å². The topological polar surface area (TPSA) is 62.7 Å². The highest BCUT2D eigenvalue weighted by atomic mass is 35.5. The van der Waals surface area contributed by atoms with Gasteiger partial charge in [-0.05, 0) is 48.4 Å². The summed E-state index contributed by atoms with van der Waals surface area (Å²) in [6.07, 6.45) is 2.40. The van der Waals surface area contributed by atoms with Gasteiger partial charge in [-0.2, -0.15) is 5.10 Å². The molecule has 2 rings (SSSR count). The molecule has 2 aromatic carbocycles. The van der Waals surface area contributed by atoms with E-state index in [1.54, 1.807) is 42.5 Å². The Kier molecular flexibility index (Phi) is 6.90. The van der Waals surface area contributed by atoms with Crippen LogP contribution in [0.2, 0.25) is 10.0 Å². The highest BCUT2D eigenvalue weighted by Crippen LogP contribution is 2.25. The smallest absolute Gasteiger partial charge is 0.339 e. The fourth-order valence-electron chi connectivity index (χ4n) is 1.82. The first-order valence-electron chi connectivity index (χ1n) is 7.36. The normalized spacial score (nSPS) is 10.6. The van der Waals surface area contributed by atoms with E-state index in [4.69, 9.17) is 27.9 Å². The molecule has 0 aromatic heterocycles. The Morgan fingerprint density at radius 3 is 2.79 bits per heavy atom. The fraction of sp³-hybridized carbons (Fsp3) is 0.176. The monoisotopic (exact) mass is 365 g/mol. The Balaban J connectivity index is 1.89. The molecule has 0 unspecified atom stereocenters. The second-order valence-electron chi connectivity index (χ2n) is 4.87. The Labute approximate surface area is 150 Å². The van der Waals surface area contributed by atoms with Crippen molar-refractivity contribution in [1.82, 2.24) is 5.43 Å². The summed E-state index contributed by atoms with van der Waals surface area (Å²) in [6.45, 7) is 2.63. The van der Waals surface area contributed by atoms with Gasteiger partial charge < -0.3 is 10.1 Å². The van der Waals surface area contributed by atoms with Crippen molar-refractivity contribution in [2.75, 3.05) is 11.9 Å². The molecule has 2 amide bonds. The molecule has 0 radical (unpaired) electrons. The quantitative estimate of drug-likeness (QED) is 0.562. The maximum Gasteiger partial charge on any atom is 0.339 e. The minimum Gasteiger partial charge on any atom is -0.492 e. The third-order valence-corrected chi connectivity index (χ3v) is 3.41. The van der Waals surface area contributed by atoms with E-state index >= 15 is 0 Å². The first kappa shape index (κ1) is 18.1. The van der Waals surface area contributed by atoms with E-state index < -0.39 is 6.03 Å². The molecular weight excluding hydrogens is 349 g/mol. The number of urea groups is 1. The molecule has 0 fully saturated rings. The first-order chi connectivity index (χ1) is 11.6. The summed E-state index contributed by atoms with van der Waals surface area (Å²) in [7, 11) is 0. The van der Waals surface area contributed by atoms with Crippen molar-refractivity contribution in [3.05, 3.63) is 58.1 Å². The molecular formula is C17H17Cl2N3O2. The van der Waals surface area contributed by atoms with Gasteiger partial charge in [0.2, 0.25) is 0 Å². The number of carbonyl (C=O) groups is 1. The second kappa shape index (κ2) is 9.15. The molecule has 0 heterocycles. The van der Waals surface area contributed by atoms with Gasteiger partial charge in [-0.1, -0.05) is 36.2 Å². The molecule has 24 heavy (non-hydrogen) atoms. The van der Waals surface area contributed by atoms with Crippen LogP contribution in [0.5, 0.6) is 5.75 Å². The molecule has 2 aromatic rings. The third-order valence-electron chi connectivity index (χ3n) is 2.88. The number of nitrogens with one attached hydrogen (secondary N) is 2. The number of halogens is 2. The lowest BCUT2D eigenvalue weighted by atomic mass is 10.2. The lowest BCUT2D eigenvalue weighted by Gasteiger charge is -2.07. The van der Waals surface area contributed by atoms with Crippen LogP contribution in [0, 0.1) is 0 Å². The minimum absolute atomic E-state index is 0.470. The van der Waals surface area contributed by atoms with E-state index in [1.165, 1.54) is 6.21 Å². The average Bonchev–Trinajstić information content (AvgIpc) is 2.54. The summed E-state index contributed by atoms with van der Waals surface area (Å²) < 4.78 is 5.49. The van der Waals surface area contributed by atoms with Crippen LogP contribution < -0.4 is 15.5 Å². The van der Waals surface area contributed by atoms with Crippen LogP contribution in [-0.4, -0.2) is 18.9 Å². The Morgan fingerprint density at radius 2 is 2.08 bits per heavy atom. The van der Waals surface area contributed by atoms with E-state index in [9.17, 15) is 4.79 Å². The Morgan fingerprint density at radius 1 is 1.25 bits per heavy atom. The lowest BCUT2D eigenvalue weighted by molar-refractivity contribution is 0.252. The zero-order valence-corrected chi connectivity index (χ0v) is 14.6. The predicted molar refractivity (Wildman–Crippen MR) is 98.4 cm³/mol. The van der Waals surface area contributed by atoms with Crippen molar-refractivity contribution in [3.8, 4) is 5.75 Å². The van der Waals surface area contributed by atoms with Crippen molar-refractivity contribution < 1.29 is 9.53 Å². The zero-order valence-electron chi connectivity index (χ0n) is 13.1. The van der Waals surface area contributed by atoms with Gasteiger partial charge in [0, 0.05) is 10.7 Å². The Hall–Kier alpha value is -2.24. The molecule has 5 nitrogen and oxygen atoms in total. The molecule has 0 spiro atoms. The summed E-state index contributed by atoms with van der Waals surface area (Å²) in [4.78, 5) is 11.7. The largest absolute Gasteiger partial charge is 0.492 e. The molecule has 0 aliphatic rings. The molecule has 0 saturated heterocycles.